The van der Waals surface area contributed by atoms with Crippen LogP contribution in [-0.2, 0) is 9.59 Å². The Morgan fingerprint density at radius 2 is 1.70 bits per heavy atom. The summed E-state index contributed by atoms with van der Waals surface area (Å²) in [7, 11) is 1.58. The van der Waals surface area contributed by atoms with Crippen LogP contribution in [0.2, 0.25) is 0 Å². The van der Waals surface area contributed by atoms with Gasteiger partial charge in [0.25, 0.3) is 0 Å². The number of methoxy groups -OCH3 is 1. The van der Waals surface area contributed by atoms with Crippen LogP contribution in [0.5, 0.6) is 5.75 Å². The van der Waals surface area contributed by atoms with Crippen LogP contribution >= 0.6 is 0 Å². The van der Waals surface area contributed by atoms with E-state index in [4.69, 9.17) is 10.5 Å². The van der Waals surface area contributed by atoms with Crippen LogP contribution in [0.3, 0.4) is 0 Å². The van der Waals surface area contributed by atoms with E-state index in [1.54, 1.807) is 7.11 Å². The number of hydrogen-bond donors (Lipinski definition) is 2. The molecule has 2 aromatic rings. The summed E-state index contributed by atoms with van der Waals surface area (Å²) in [6, 6.07) is 16.4. The van der Waals surface area contributed by atoms with Gasteiger partial charge in [0.1, 0.15) is 11.8 Å². The standard InChI is InChI=1S/C21H25N3O3/c1-27-18-10-6-5-9-17(18)23-21(26)16-11-13-24(14-12-16)19(20(22)25)15-7-3-2-4-8-15/h2-10,16,19H,11-14H2,1H3,(H2,22,25)(H,23,26). The first-order valence-corrected chi connectivity index (χ1v) is 9.12. The smallest absolute Gasteiger partial charge is 0.239 e. The van der Waals surface area contributed by atoms with Crippen molar-refractivity contribution in [1.29, 1.82) is 0 Å². The lowest BCUT2D eigenvalue weighted by Crippen LogP contribution is -2.44. The van der Waals surface area contributed by atoms with Gasteiger partial charge >= 0.3 is 0 Å². The van der Waals surface area contributed by atoms with Crippen LogP contribution in [0, 0.1) is 5.92 Å². The largest absolute Gasteiger partial charge is 0.495 e. The number of amides is 2. The molecule has 0 aromatic heterocycles. The monoisotopic (exact) mass is 367 g/mol. The maximum atomic E-state index is 12.6. The van der Waals surface area contributed by atoms with E-state index in [-0.39, 0.29) is 17.7 Å². The molecule has 3 N–H and O–H groups in total. The topological polar surface area (TPSA) is 84.7 Å². The predicted molar refractivity (Wildman–Crippen MR) is 104 cm³/mol. The normalized spacial score (nSPS) is 16.5. The average molecular weight is 367 g/mol. The second-order valence-corrected chi connectivity index (χ2v) is 6.72. The number of primary amides is 1. The molecule has 1 atom stereocenters. The van der Waals surface area contributed by atoms with Gasteiger partial charge in [-0.25, -0.2) is 0 Å². The number of para-hydroxylation sites is 2. The molecule has 2 aromatic carbocycles. The SMILES string of the molecule is COc1ccccc1NC(=O)C1CCN(C(C(N)=O)c2ccccc2)CC1. The Balaban J connectivity index is 1.62. The van der Waals surface area contributed by atoms with Crippen LogP contribution in [0.15, 0.2) is 54.6 Å². The van der Waals surface area contributed by atoms with Crippen LogP contribution in [0.1, 0.15) is 24.4 Å². The van der Waals surface area contributed by atoms with Gasteiger partial charge in [0.2, 0.25) is 11.8 Å². The van der Waals surface area contributed by atoms with Gasteiger partial charge < -0.3 is 15.8 Å². The van der Waals surface area contributed by atoms with Crippen LogP contribution in [0.25, 0.3) is 0 Å². The number of carbonyl (C=O) groups is 2. The fraction of sp³-hybridized carbons (Fsp3) is 0.333. The highest BCUT2D eigenvalue weighted by Crippen LogP contribution is 2.29. The van der Waals surface area contributed by atoms with Crippen molar-refractivity contribution in [3.63, 3.8) is 0 Å². The number of anilines is 1. The quantitative estimate of drug-likeness (QED) is 0.822. The van der Waals surface area contributed by atoms with E-state index >= 15 is 0 Å². The Morgan fingerprint density at radius 1 is 1.07 bits per heavy atom. The minimum atomic E-state index is -0.454. The lowest BCUT2D eigenvalue weighted by Gasteiger charge is -2.35. The first-order chi connectivity index (χ1) is 13.1. The maximum absolute atomic E-state index is 12.6. The first-order valence-electron chi connectivity index (χ1n) is 9.12. The van der Waals surface area contributed by atoms with Gasteiger partial charge in [0.15, 0.2) is 0 Å². The van der Waals surface area contributed by atoms with Crippen LogP contribution < -0.4 is 15.8 Å². The molecule has 27 heavy (non-hydrogen) atoms. The van der Waals surface area contributed by atoms with Gasteiger partial charge in [0.05, 0.1) is 12.8 Å². The molecule has 6 nitrogen and oxygen atoms in total. The van der Waals surface area contributed by atoms with E-state index in [0.29, 0.717) is 37.4 Å². The van der Waals surface area contributed by atoms with Crippen molar-refractivity contribution < 1.29 is 14.3 Å². The molecule has 1 fully saturated rings. The number of hydrogen-bond acceptors (Lipinski definition) is 4. The Bertz CT molecular complexity index is 786. The van der Waals surface area contributed by atoms with E-state index < -0.39 is 6.04 Å². The summed E-state index contributed by atoms with van der Waals surface area (Å²) < 4.78 is 5.28. The Morgan fingerprint density at radius 3 is 2.33 bits per heavy atom. The molecule has 0 saturated carbocycles. The van der Waals surface area contributed by atoms with Crippen molar-refractivity contribution in [3.8, 4) is 5.75 Å². The molecule has 1 aliphatic rings. The summed E-state index contributed by atoms with van der Waals surface area (Å²) in [5.41, 5.74) is 7.22. The summed E-state index contributed by atoms with van der Waals surface area (Å²) in [6.45, 7) is 1.29. The molecule has 1 saturated heterocycles. The van der Waals surface area contributed by atoms with E-state index in [2.05, 4.69) is 10.2 Å². The number of nitrogens with zero attached hydrogens (tertiary/aromatic N) is 1. The van der Waals surface area contributed by atoms with Crippen molar-refractivity contribution in [2.24, 2.45) is 11.7 Å². The van der Waals surface area contributed by atoms with E-state index in [1.807, 2.05) is 54.6 Å². The molecule has 1 aliphatic heterocycles. The zero-order valence-electron chi connectivity index (χ0n) is 15.4. The second-order valence-electron chi connectivity index (χ2n) is 6.72. The highest BCUT2D eigenvalue weighted by Gasteiger charge is 2.32. The fourth-order valence-corrected chi connectivity index (χ4v) is 3.59. The Kier molecular flexibility index (Phi) is 6.08. The number of ether oxygens (including phenoxy) is 1. The van der Waals surface area contributed by atoms with E-state index in [9.17, 15) is 9.59 Å². The predicted octanol–water partition coefficient (Wildman–Crippen LogP) is 2.57. The number of piperidine rings is 1. The molecule has 0 spiro atoms. The highest BCUT2D eigenvalue weighted by atomic mass is 16.5. The summed E-state index contributed by atoms with van der Waals surface area (Å²) in [6.07, 6.45) is 1.36. The molecule has 3 rings (SSSR count). The van der Waals surface area contributed by atoms with Crippen molar-refractivity contribution in [2.45, 2.75) is 18.9 Å². The minimum absolute atomic E-state index is 0.0190. The number of likely N-dealkylation sites (tertiary alicyclic amines) is 1. The van der Waals surface area contributed by atoms with Gasteiger partial charge in [0, 0.05) is 5.92 Å². The average Bonchev–Trinajstić information content (AvgIpc) is 2.69. The van der Waals surface area contributed by atoms with E-state index in [1.165, 1.54) is 0 Å². The van der Waals surface area contributed by atoms with Crippen molar-refractivity contribution >= 4 is 17.5 Å². The third-order valence-electron chi connectivity index (χ3n) is 5.02. The summed E-state index contributed by atoms with van der Waals surface area (Å²) in [5.74, 6) is 0.157. The number of carbonyl (C=O) groups excluding carboxylic acids is 2. The van der Waals surface area contributed by atoms with E-state index in [0.717, 1.165) is 5.56 Å². The zero-order chi connectivity index (χ0) is 19.2. The molecule has 2 amide bonds. The highest BCUT2D eigenvalue weighted by molar-refractivity contribution is 5.94. The van der Waals surface area contributed by atoms with Gasteiger partial charge in [-0.1, -0.05) is 42.5 Å². The molecule has 6 heteroatoms. The van der Waals surface area contributed by atoms with Gasteiger partial charge in [-0.05, 0) is 43.6 Å². The zero-order valence-corrected chi connectivity index (χ0v) is 15.4. The van der Waals surface area contributed by atoms with Gasteiger partial charge in [-0.15, -0.1) is 0 Å². The summed E-state index contributed by atoms with van der Waals surface area (Å²) in [4.78, 5) is 26.7. The molecule has 142 valence electrons. The summed E-state index contributed by atoms with van der Waals surface area (Å²) >= 11 is 0. The third-order valence-corrected chi connectivity index (χ3v) is 5.02. The molecule has 1 heterocycles. The summed E-state index contributed by atoms with van der Waals surface area (Å²) in [5, 5.41) is 2.96. The van der Waals surface area contributed by atoms with Crippen LogP contribution in [0.4, 0.5) is 5.69 Å². The number of rotatable bonds is 6. The number of nitrogens with one attached hydrogen (secondary N) is 1. The molecule has 0 aliphatic carbocycles. The number of nitrogens with two attached hydrogens (primary N) is 1. The molecule has 0 bridgehead atoms. The second kappa shape index (κ2) is 8.68. The lowest BCUT2D eigenvalue weighted by atomic mass is 9.93. The molecule has 1 unspecified atom stereocenters. The van der Waals surface area contributed by atoms with Crippen LogP contribution in [-0.4, -0.2) is 36.9 Å². The van der Waals surface area contributed by atoms with Gasteiger partial charge in [-0.2, -0.15) is 0 Å². The fourth-order valence-electron chi connectivity index (χ4n) is 3.59. The Hall–Kier alpha value is -2.86. The van der Waals surface area contributed by atoms with Crippen molar-refractivity contribution in [2.75, 3.05) is 25.5 Å². The van der Waals surface area contributed by atoms with Crippen molar-refractivity contribution in [3.05, 3.63) is 60.2 Å². The Labute approximate surface area is 159 Å². The van der Waals surface area contributed by atoms with Crippen molar-refractivity contribution in [1.82, 2.24) is 4.90 Å². The first kappa shape index (κ1) is 18.9. The maximum Gasteiger partial charge on any atom is 0.239 e. The molecule has 0 radical (unpaired) electrons. The minimum Gasteiger partial charge on any atom is -0.495 e. The third kappa shape index (κ3) is 4.46. The number of benzene rings is 2. The van der Waals surface area contributed by atoms with Gasteiger partial charge in [-0.3, -0.25) is 14.5 Å². The molecular weight excluding hydrogens is 342 g/mol. The molecular formula is C21H25N3O3. The lowest BCUT2D eigenvalue weighted by molar-refractivity contribution is -0.125.